The van der Waals surface area contributed by atoms with Crippen molar-refractivity contribution in [3.63, 3.8) is 0 Å². The number of nitrogens with one attached hydrogen (secondary N) is 2. The maximum Gasteiger partial charge on any atom is 0.407 e. The number of hydrogen-bond acceptors (Lipinski definition) is 4. The van der Waals surface area contributed by atoms with Gasteiger partial charge in [-0.2, -0.15) is 11.3 Å². The van der Waals surface area contributed by atoms with E-state index in [2.05, 4.69) is 51.2 Å². The Morgan fingerprint density at radius 1 is 1.40 bits per heavy atom. The normalized spacial score (nSPS) is 13.5. The van der Waals surface area contributed by atoms with Gasteiger partial charge in [0.05, 0.1) is 6.04 Å². The molecule has 1 rings (SSSR count). The van der Waals surface area contributed by atoms with Crippen molar-refractivity contribution in [2.75, 3.05) is 20.6 Å². The number of thiophene rings is 1. The van der Waals surface area contributed by atoms with E-state index < -0.39 is 11.7 Å². The maximum atomic E-state index is 12.0. The van der Waals surface area contributed by atoms with Crippen molar-refractivity contribution in [1.82, 2.24) is 15.5 Å². The second-order valence-electron chi connectivity index (χ2n) is 7.41. The summed E-state index contributed by atoms with van der Waals surface area (Å²) in [4.78, 5) is 18.4. The SMILES string of the molecule is CN=C(NCC(NC(=O)OC(C)(C)C)C(C)C)N(C)Cc1ccsc1. The Labute approximate surface area is 155 Å². The summed E-state index contributed by atoms with van der Waals surface area (Å²) in [5.74, 6) is 1.06. The van der Waals surface area contributed by atoms with Gasteiger partial charge in [-0.05, 0) is 49.1 Å². The molecule has 25 heavy (non-hydrogen) atoms. The second-order valence-corrected chi connectivity index (χ2v) is 8.19. The molecule has 0 aliphatic carbocycles. The van der Waals surface area contributed by atoms with Crippen molar-refractivity contribution >= 4 is 23.4 Å². The van der Waals surface area contributed by atoms with E-state index in [1.807, 2.05) is 27.8 Å². The topological polar surface area (TPSA) is 66.0 Å². The number of amides is 1. The molecule has 0 fully saturated rings. The molecule has 1 amide bonds. The van der Waals surface area contributed by atoms with Gasteiger partial charge in [-0.3, -0.25) is 4.99 Å². The predicted octanol–water partition coefficient (Wildman–Crippen LogP) is 3.30. The number of carbonyl (C=O) groups is 1. The molecule has 1 aromatic heterocycles. The number of alkyl carbamates (subject to hydrolysis) is 1. The quantitative estimate of drug-likeness (QED) is 0.597. The molecule has 0 aliphatic rings. The molecule has 6 nitrogen and oxygen atoms in total. The molecule has 0 saturated carbocycles. The Morgan fingerprint density at radius 2 is 2.08 bits per heavy atom. The minimum atomic E-state index is -0.504. The van der Waals surface area contributed by atoms with Gasteiger partial charge in [-0.1, -0.05) is 13.8 Å². The molecule has 7 heteroatoms. The standard InChI is InChI=1S/C18H32N4O2S/c1-13(2)15(21-17(23)24-18(3,4)5)10-20-16(19-6)22(7)11-14-8-9-25-12-14/h8-9,12-13,15H,10-11H2,1-7H3,(H,19,20)(H,21,23). The summed E-state index contributed by atoms with van der Waals surface area (Å²) in [6.45, 7) is 11.1. The molecule has 0 bridgehead atoms. The number of ether oxygens (including phenoxy) is 1. The Balaban J connectivity index is 2.58. The highest BCUT2D eigenvalue weighted by atomic mass is 32.1. The minimum absolute atomic E-state index is 0.0545. The Kier molecular flexibility index (Phi) is 8.22. The summed E-state index contributed by atoms with van der Waals surface area (Å²) >= 11 is 1.69. The van der Waals surface area contributed by atoms with E-state index in [9.17, 15) is 4.79 Å². The summed E-state index contributed by atoms with van der Waals surface area (Å²) in [7, 11) is 3.76. The largest absolute Gasteiger partial charge is 0.444 e. The molecule has 1 heterocycles. The molecular formula is C18H32N4O2S. The van der Waals surface area contributed by atoms with Crippen molar-refractivity contribution < 1.29 is 9.53 Å². The first-order valence-corrected chi connectivity index (χ1v) is 9.49. The van der Waals surface area contributed by atoms with Gasteiger partial charge >= 0.3 is 6.09 Å². The highest BCUT2D eigenvalue weighted by molar-refractivity contribution is 7.07. The van der Waals surface area contributed by atoms with E-state index in [1.54, 1.807) is 18.4 Å². The van der Waals surface area contributed by atoms with Gasteiger partial charge in [0, 0.05) is 27.2 Å². The van der Waals surface area contributed by atoms with Crippen LogP contribution in [0.2, 0.25) is 0 Å². The predicted molar refractivity (Wildman–Crippen MR) is 105 cm³/mol. The number of nitrogens with zero attached hydrogens (tertiary/aromatic N) is 2. The Bertz CT molecular complexity index is 550. The van der Waals surface area contributed by atoms with E-state index in [1.165, 1.54) is 5.56 Å². The smallest absolute Gasteiger partial charge is 0.407 e. The summed E-state index contributed by atoms with van der Waals surface area (Å²) in [6.07, 6.45) is -0.394. The van der Waals surface area contributed by atoms with E-state index in [-0.39, 0.29) is 12.0 Å². The molecule has 0 saturated heterocycles. The average Bonchev–Trinajstić information content (AvgIpc) is 2.97. The lowest BCUT2D eigenvalue weighted by atomic mass is 10.0. The van der Waals surface area contributed by atoms with Gasteiger partial charge in [0.2, 0.25) is 0 Å². The zero-order valence-corrected chi connectivity index (χ0v) is 17.2. The van der Waals surface area contributed by atoms with Crippen molar-refractivity contribution in [2.24, 2.45) is 10.9 Å². The summed E-state index contributed by atoms with van der Waals surface area (Å²) in [5.41, 5.74) is 0.748. The van der Waals surface area contributed by atoms with Crippen LogP contribution in [0, 0.1) is 5.92 Å². The van der Waals surface area contributed by atoms with Crippen LogP contribution in [0.4, 0.5) is 4.79 Å². The van der Waals surface area contributed by atoms with Crippen LogP contribution in [0.1, 0.15) is 40.2 Å². The molecule has 0 spiro atoms. The molecule has 1 aromatic rings. The lowest BCUT2D eigenvalue weighted by molar-refractivity contribution is 0.0491. The first kappa shape index (κ1) is 21.3. The lowest BCUT2D eigenvalue weighted by Crippen LogP contribution is -2.50. The summed E-state index contributed by atoms with van der Waals surface area (Å²) < 4.78 is 5.35. The third-order valence-corrected chi connectivity index (χ3v) is 4.29. The first-order valence-electron chi connectivity index (χ1n) is 8.54. The summed E-state index contributed by atoms with van der Waals surface area (Å²) in [6, 6.07) is 2.05. The van der Waals surface area contributed by atoms with Gasteiger partial charge < -0.3 is 20.3 Å². The van der Waals surface area contributed by atoms with Crippen LogP contribution in [-0.2, 0) is 11.3 Å². The zero-order valence-electron chi connectivity index (χ0n) is 16.4. The molecule has 0 radical (unpaired) electrons. The van der Waals surface area contributed by atoms with E-state index in [4.69, 9.17) is 4.74 Å². The van der Waals surface area contributed by atoms with Crippen molar-refractivity contribution in [3.05, 3.63) is 22.4 Å². The van der Waals surface area contributed by atoms with Crippen LogP contribution in [0.15, 0.2) is 21.8 Å². The fourth-order valence-electron chi connectivity index (χ4n) is 2.23. The molecule has 1 atom stereocenters. The van der Waals surface area contributed by atoms with Crippen LogP contribution < -0.4 is 10.6 Å². The molecule has 0 aromatic carbocycles. The van der Waals surface area contributed by atoms with Gasteiger partial charge in [0.1, 0.15) is 5.60 Å². The Hall–Kier alpha value is -1.76. The number of aliphatic imine (C=N–C) groups is 1. The summed E-state index contributed by atoms with van der Waals surface area (Å²) in [5, 5.41) is 10.5. The van der Waals surface area contributed by atoms with Crippen molar-refractivity contribution in [2.45, 2.75) is 52.8 Å². The fourth-order valence-corrected chi connectivity index (χ4v) is 2.89. The van der Waals surface area contributed by atoms with E-state index in [0.717, 1.165) is 12.5 Å². The Morgan fingerprint density at radius 3 is 2.56 bits per heavy atom. The van der Waals surface area contributed by atoms with Crippen LogP contribution >= 0.6 is 11.3 Å². The third kappa shape index (κ3) is 8.25. The van der Waals surface area contributed by atoms with E-state index >= 15 is 0 Å². The second kappa shape index (κ2) is 9.65. The van der Waals surface area contributed by atoms with Gasteiger partial charge in [-0.15, -0.1) is 0 Å². The van der Waals surface area contributed by atoms with Crippen molar-refractivity contribution in [3.8, 4) is 0 Å². The first-order chi connectivity index (χ1) is 11.6. The maximum absolute atomic E-state index is 12.0. The lowest BCUT2D eigenvalue weighted by Gasteiger charge is -2.28. The minimum Gasteiger partial charge on any atom is -0.444 e. The molecule has 2 N–H and O–H groups in total. The van der Waals surface area contributed by atoms with E-state index in [0.29, 0.717) is 6.54 Å². The number of hydrogen-bond donors (Lipinski definition) is 2. The highest BCUT2D eigenvalue weighted by Gasteiger charge is 2.22. The van der Waals surface area contributed by atoms with Gasteiger partial charge in [-0.25, -0.2) is 4.79 Å². The fraction of sp³-hybridized carbons (Fsp3) is 0.667. The molecular weight excluding hydrogens is 336 g/mol. The van der Waals surface area contributed by atoms with Gasteiger partial charge in [0.15, 0.2) is 5.96 Å². The van der Waals surface area contributed by atoms with Crippen LogP contribution in [0.5, 0.6) is 0 Å². The number of rotatable bonds is 6. The highest BCUT2D eigenvalue weighted by Crippen LogP contribution is 2.10. The van der Waals surface area contributed by atoms with Gasteiger partial charge in [0.25, 0.3) is 0 Å². The number of carbonyl (C=O) groups excluding carboxylic acids is 1. The number of guanidine groups is 1. The van der Waals surface area contributed by atoms with Crippen LogP contribution in [0.3, 0.4) is 0 Å². The van der Waals surface area contributed by atoms with Crippen LogP contribution in [0.25, 0.3) is 0 Å². The monoisotopic (exact) mass is 368 g/mol. The third-order valence-electron chi connectivity index (χ3n) is 3.56. The van der Waals surface area contributed by atoms with Crippen LogP contribution in [-0.4, -0.2) is 49.2 Å². The van der Waals surface area contributed by atoms with Crippen molar-refractivity contribution in [1.29, 1.82) is 0 Å². The average molecular weight is 369 g/mol. The molecule has 142 valence electrons. The molecule has 1 unspecified atom stereocenters. The molecule has 0 aliphatic heterocycles. The zero-order chi connectivity index (χ0) is 19.0.